The highest BCUT2D eigenvalue weighted by molar-refractivity contribution is 6.03. The second-order valence-electron chi connectivity index (χ2n) is 45.2. The van der Waals surface area contributed by atoms with Crippen LogP contribution in [0.4, 0.5) is 0 Å². The first-order chi connectivity index (χ1) is 68.6. The molecule has 0 radical (unpaired) electrons. The number of nitrogens with zero attached hydrogens (tertiary/aromatic N) is 2. The van der Waals surface area contributed by atoms with Crippen molar-refractivity contribution in [2.45, 2.75) is 403 Å². The summed E-state index contributed by atoms with van der Waals surface area (Å²) in [4.78, 5) is 274. The minimum Gasteiger partial charge on any atom is -0.343 e. The van der Waals surface area contributed by atoms with Crippen molar-refractivity contribution in [2.24, 2.45) is 82.5 Å². The van der Waals surface area contributed by atoms with Gasteiger partial charge in [0.2, 0.25) is 106 Å². The summed E-state index contributed by atoms with van der Waals surface area (Å²) in [6, 6.07) is -5.84. The summed E-state index contributed by atoms with van der Waals surface area (Å²) in [5, 5.41) is 45.9. The van der Waals surface area contributed by atoms with Crippen LogP contribution in [0.15, 0.2) is 60.7 Å². The molecule has 2 aromatic carbocycles. The Morgan fingerprint density at radius 1 is 0.233 bits per heavy atom. The lowest BCUT2D eigenvalue weighted by Crippen LogP contribution is -2.62. The highest BCUT2D eigenvalue weighted by Crippen LogP contribution is 2.27. The second kappa shape index (κ2) is 62.2. The number of carbonyl (C=O) groups is 18. The van der Waals surface area contributed by atoms with Crippen molar-refractivity contribution < 1.29 is 86.3 Å². The van der Waals surface area contributed by atoms with Crippen LogP contribution >= 0.6 is 0 Å². The fraction of sp³-hybridized carbons (Fsp3) is 0.722. The van der Waals surface area contributed by atoms with Gasteiger partial charge in [0.1, 0.15) is 109 Å². The van der Waals surface area contributed by atoms with Gasteiger partial charge in [-0.05, 0) is 211 Å². The molecule has 20 N–H and O–H groups in total. The number of rotatable bonds is 32. The quantitative estimate of drug-likeness (QED) is 0.0431. The standard InChI is InChI=1S/C108H180N20O18/c1-59(2)47-75-93(131)111-73(39-31-43-109)91(129)113-81(53-65(13)14)101(139)123-85(57-71-35-27-25-28-36-71)107(145)127-45-33-41-87(127)103(141)126-90(70(23)24)106(144)122-84(56-68(19)20)100(138)120-80(52-64(11)12)98(136)118-78(50-62(7)8)96(134)116-76(48-60(3)4)94(132)112-74(40-32-44-110)92(130)114-82(54-66(15)16)102(140)124-86(58-72-37-29-26-30-38-72)108(146)128-46-34-42-88(128)104(142)125-89(69(21)22)105(143)121-83(55-67(17)18)99(137)119-79(51-63(9)10)97(135)117-77(49-61(5)6)95(133)115-75/h25-30,35-38,59-70,73-90H,31-34,39-58,109-110H2,1-24H3,(H,111,131)(H,112,132)(H,113,129)(H,114,130)(H,115,133)(H,116,134)(H,117,135)(H,118,136)(H,119,137)(H,120,138)(H,121,143)(H,122,144)(H,123,139)(H,124,140)(H,125,142)(H,126,141)/t73-,74-,75-,76-,77-,78-,79-,80-,81-,82-,83-,84-,85+,86+,87-,88-,89-,90-/m0/s1. The lowest BCUT2D eigenvalue weighted by molar-refractivity contribution is -0.143. The van der Waals surface area contributed by atoms with Gasteiger partial charge in [-0.15, -0.1) is 0 Å². The first kappa shape index (κ1) is 125. The smallest absolute Gasteiger partial charge is 0.246 e. The molecule has 0 unspecified atom stereocenters. The molecule has 2 aromatic rings. The van der Waals surface area contributed by atoms with E-state index >= 15 is 38.4 Å². The van der Waals surface area contributed by atoms with Crippen molar-refractivity contribution in [3.8, 4) is 0 Å². The van der Waals surface area contributed by atoms with E-state index in [4.69, 9.17) is 11.5 Å². The molecule has 38 heteroatoms. The molecule has 18 atom stereocenters. The minimum absolute atomic E-state index is 0.0314. The number of nitrogens with one attached hydrogen (secondary N) is 16. The van der Waals surface area contributed by atoms with E-state index in [1.807, 2.05) is 138 Å². The lowest BCUT2D eigenvalue weighted by atomic mass is 9.97. The molecule has 146 heavy (non-hydrogen) atoms. The van der Waals surface area contributed by atoms with Crippen molar-refractivity contribution in [1.82, 2.24) is 94.9 Å². The molecule has 3 aliphatic rings. The van der Waals surface area contributed by atoms with Crippen LogP contribution in [-0.2, 0) is 99.1 Å². The molecule has 820 valence electrons. The van der Waals surface area contributed by atoms with Gasteiger partial charge in [-0.3, -0.25) is 86.3 Å². The van der Waals surface area contributed by atoms with Crippen LogP contribution in [0.2, 0.25) is 0 Å². The number of amides is 18. The van der Waals surface area contributed by atoms with E-state index in [2.05, 4.69) is 85.1 Å². The second-order valence-corrected chi connectivity index (χ2v) is 45.2. The van der Waals surface area contributed by atoms with Crippen LogP contribution in [-0.4, -0.2) is 251 Å². The fourth-order valence-electron chi connectivity index (χ4n) is 18.7. The van der Waals surface area contributed by atoms with Gasteiger partial charge in [0, 0.05) is 25.9 Å². The molecule has 0 spiro atoms. The Morgan fingerprint density at radius 3 is 0.596 bits per heavy atom. The molecule has 0 aliphatic carbocycles. The molecular weight excluding hydrogens is 1870 g/mol. The molecular formula is C108H180N20O18. The number of hydrogen-bond donors (Lipinski definition) is 18. The third kappa shape index (κ3) is 42.6. The van der Waals surface area contributed by atoms with Crippen LogP contribution in [0, 0.1) is 71.0 Å². The maximum absolute atomic E-state index is 15.4. The van der Waals surface area contributed by atoms with E-state index in [1.54, 1.807) is 88.4 Å². The summed E-state index contributed by atoms with van der Waals surface area (Å²) in [6.45, 7) is 43.7. The van der Waals surface area contributed by atoms with Gasteiger partial charge in [-0.25, -0.2) is 0 Å². The molecule has 3 heterocycles. The number of benzene rings is 2. The molecule has 18 amide bonds. The zero-order valence-electron chi connectivity index (χ0n) is 91.5. The van der Waals surface area contributed by atoms with Gasteiger partial charge in [-0.2, -0.15) is 0 Å². The number of hydrogen-bond acceptors (Lipinski definition) is 20. The van der Waals surface area contributed by atoms with Crippen LogP contribution in [0.5, 0.6) is 0 Å². The van der Waals surface area contributed by atoms with E-state index < -0.39 is 227 Å². The summed E-state index contributed by atoms with van der Waals surface area (Å²) in [5.74, 6) is -17.1. The normalized spacial score (nSPS) is 26.3. The number of fused-ring (bicyclic) bond motifs is 2. The van der Waals surface area contributed by atoms with Crippen molar-refractivity contribution >= 4 is 106 Å². The highest BCUT2D eigenvalue weighted by Gasteiger charge is 2.46. The topological polar surface area (TPSA) is 558 Å². The van der Waals surface area contributed by atoms with Crippen molar-refractivity contribution in [2.75, 3.05) is 26.2 Å². The molecule has 3 fully saturated rings. The zero-order valence-corrected chi connectivity index (χ0v) is 91.5. The van der Waals surface area contributed by atoms with E-state index in [0.717, 1.165) is 0 Å². The summed E-state index contributed by atoms with van der Waals surface area (Å²) < 4.78 is 0. The molecule has 5 rings (SSSR count). The third-order valence-corrected chi connectivity index (χ3v) is 26.0. The van der Waals surface area contributed by atoms with Gasteiger partial charge >= 0.3 is 0 Å². The van der Waals surface area contributed by atoms with Crippen LogP contribution in [0.1, 0.15) is 293 Å². The minimum atomic E-state index is -1.35. The predicted octanol–water partition coefficient (Wildman–Crippen LogP) is 5.47. The SMILES string of the molecule is CC(C)C[C@@H]1NC(=O)[C@H](CC(C)C)NC(=O)[C@H](CC(C)C)NC(=O)[C@H](CC(C)C)NC(=O)[C@H](C(C)C)NC(=O)[C@@H]2CCCN2C(=O)[C@@H](Cc2ccccc2)NC(=O)[C@H](CC(C)C)NC(=O)[C@H](CCCN)NC(=O)[C@H](CC(C)C)NC(=O)[C@H](CC(C)C)NC(=O)[C@H](CC(C)C)NC(=O)[C@H](CC(C)C)NC(=O)[C@H](C(C)C)NC(=O)[C@@H]2CCCN2C(=O)[C@@H](Cc2ccccc2)NC(=O)[C@H](CC(C)C)NC(=O)[C@H](CCCN)NC1=O. The average molecular weight is 2050 g/mol. The van der Waals surface area contributed by atoms with E-state index in [0.29, 0.717) is 24.0 Å². The van der Waals surface area contributed by atoms with Crippen LogP contribution in [0.25, 0.3) is 0 Å². The maximum atomic E-state index is 15.4. The maximum Gasteiger partial charge on any atom is 0.246 e. The van der Waals surface area contributed by atoms with Crippen molar-refractivity contribution in [3.05, 3.63) is 71.8 Å². The van der Waals surface area contributed by atoms with Gasteiger partial charge in [0.15, 0.2) is 0 Å². The van der Waals surface area contributed by atoms with Gasteiger partial charge in [0.25, 0.3) is 0 Å². The molecule has 3 saturated heterocycles. The van der Waals surface area contributed by atoms with E-state index in [-0.39, 0.29) is 201 Å². The number of carbonyl (C=O) groups excluding carboxylic acids is 18. The Bertz CT molecular complexity index is 4310. The number of nitrogens with two attached hydrogens (primary N) is 2. The van der Waals surface area contributed by atoms with Crippen LogP contribution < -0.4 is 96.5 Å². The van der Waals surface area contributed by atoms with Crippen LogP contribution in [0.3, 0.4) is 0 Å². The van der Waals surface area contributed by atoms with E-state index in [9.17, 15) is 47.9 Å². The summed E-state index contributed by atoms with van der Waals surface area (Å²) in [7, 11) is 0. The molecule has 38 nitrogen and oxygen atoms in total. The zero-order chi connectivity index (χ0) is 109. The Morgan fingerprint density at radius 2 is 0.411 bits per heavy atom. The molecule has 0 aromatic heterocycles. The summed E-state index contributed by atoms with van der Waals surface area (Å²) >= 11 is 0. The van der Waals surface area contributed by atoms with Gasteiger partial charge in [-0.1, -0.05) is 227 Å². The summed E-state index contributed by atoms with van der Waals surface area (Å²) in [5.41, 5.74) is 13.4. The van der Waals surface area contributed by atoms with Crippen molar-refractivity contribution in [3.63, 3.8) is 0 Å². The monoisotopic (exact) mass is 2050 g/mol. The van der Waals surface area contributed by atoms with E-state index in [1.165, 1.54) is 9.80 Å². The lowest BCUT2D eigenvalue weighted by Gasteiger charge is -2.32. The Hall–Kier alpha value is -11.2. The van der Waals surface area contributed by atoms with Gasteiger partial charge < -0.3 is 106 Å². The largest absolute Gasteiger partial charge is 0.343 e. The molecule has 0 saturated carbocycles. The first-order valence-electron chi connectivity index (χ1n) is 53.6. The summed E-state index contributed by atoms with van der Waals surface area (Å²) in [6.07, 6.45) is 1.62. The highest BCUT2D eigenvalue weighted by atomic mass is 16.2. The third-order valence-electron chi connectivity index (χ3n) is 26.0. The fourth-order valence-corrected chi connectivity index (χ4v) is 18.7. The van der Waals surface area contributed by atoms with Crippen molar-refractivity contribution in [1.29, 1.82) is 0 Å². The average Bonchev–Trinajstić information content (AvgIpc) is 1.65. The van der Waals surface area contributed by atoms with Gasteiger partial charge in [0.05, 0.1) is 0 Å². The molecule has 3 aliphatic heterocycles. The Labute approximate surface area is 866 Å². The molecule has 0 bridgehead atoms. The first-order valence-corrected chi connectivity index (χ1v) is 53.6. The Balaban J connectivity index is 1.65. The predicted molar refractivity (Wildman–Crippen MR) is 561 cm³/mol. The Kier molecular flexibility index (Phi) is 53.4.